The second kappa shape index (κ2) is 7.94. The molecule has 182 valence electrons. The van der Waals surface area contributed by atoms with Gasteiger partial charge in [-0.25, -0.2) is 9.37 Å². The minimum Gasteiger partial charge on any atom is -0.355 e. The van der Waals surface area contributed by atoms with E-state index in [1.54, 1.807) is 25.1 Å². The van der Waals surface area contributed by atoms with Gasteiger partial charge in [-0.15, -0.1) is 10.2 Å². The highest BCUT2D eigenvalue weighted by atomic mass is 35.5. The van der Waals surface area contributed by atoms with Crippen molar-refractivity contribution >= 4 is 23.3 Å². The molecular weight excluding hydrogens is 481 g/mol. The summed E-state index contributed by atoms with van der Waals surface area (Å²) in [5.74, 6) is 0.540. The summed E-state index contributed by atoms with van der Waals surface area (Å²) in [6.45, 7) is 3.38. The van der Waals surface area contributed by atoms with Crippen molar-refractivity contribution in [2.45, 2.75) is 44.7 Å². The van der Waals surface area contributed by atoms with E-state index < -0.39 is 18.4 Å². The Morgan fingerprint density at radius 1 is 1.14 bits per heavy atom. The zero-order chi connectivity index (χ0) is 24.5. The summed E-state index contributed by atoms with van der Waals surface area (Å²) in [6.07, 6.45) is -0.0836. The average Bonchev–Trinajstić information content (AvgIpc) is 3.15. The van der Waals surface area contributed by atoms with Crippen molar-refractivity contribution in [3.8, 4) is 5.69 Å². The Kier molecular flexibility index (Phi) is 5.07. The highest BCUT2D eigenvalue weighted by Gasteiger charge is 2.54. The van der Waals surface area contributed by atoms with Gasteiger partial charge in [-0.05, 0) is 55.7 Å². The highest BCUT2D eigenvalue weighted by molar-refractivity contribution is 6.30. The molecule has 1 spiro atoms. The molecule has 3 aliphatic rings. The molecule has 0 radical (unpaired) electrons. The van der Waals surface area contributed by atoms with Crippen LogP contribution in [0.25, 0.3) is 5.69 Å². The first-order valence-corrected chi connectivity index (χ1v) is 11.8. The summed E-state index contributed by atoms with van der Waals surface area (Å²) < 4.78 is 41.8. The topological polar surface area (TPSA) is 67.2 Å². The van der Waals surface area contributed by atoms with Crippen LogP contribution in [-0.2, 0) is 11.3 Å². The largest absolute Gasteiger partial charge is 0.355 e. The van der Waals surface area contributed by atoms with Crippen molar-refractivity contribution in [3.63, 3.8) is 0 Å². The molecule has 1 amide bonds. The Morgan fingerprint density at radius 2 is 1.89 bits per heavy atom. The molecule has 1 aliphatic carbocycles. The number of carbonyl (C=O) groups excluding carboxylic acids is 1. The molecule has 0 N–H and O–H groups in total. The summed E-state index contributed by atoms with van der Waals surface area (Å²) in [5, 5.41) is 9.29. The molecule has 3 aromatic rings. The minimum absolute atomic E-state index is 0.0112. The number of hydrogen-bond acceptors (Lipinski definition) is 5. The molecular formula is C24H22ClF3N6O. The van der Waals surface area contributed by atoms with Gasteiger partial charge in [-0.1, -0.05) is 11.6 Å². The van der Waals surface area contributed by atoms with E-state index in [2.05, 4.69) is 20.1 Å². The van der Waals surface area contributed by atoms with Gasteiger partial charge in [0.25, 0.3) is 5.91 Å². The fourth-order valence-corrected chi connectivity index (χ4v) is 5.95. The number of benzene rings is 1. The van der Waals surface area contributed by atoms with E-state index in [9.17, 15) is 18.0 Å². The standard InChI is InChI=1S/C24H22ClF3N6O/c1-13-21-30-31-22(15-7-24(8-15)11-32(12-24)19-5-3-17(26)9-29-19)34(21)18-4-2-16(25)6-14(18)10-33(13)23(35)20(27)28/h2-6,9,13,15,20H,7-8,10-12H2,1H3. The lowest BCUT2D eigenvalue weighted by molar-refractivity contribution is -0.146. The van der Waals surface area contributed by atoms with Crippen LogP contribution in [0.4, 0.5) is 19.0 Å². The quantitative estimate of drug-likeness (QED) is 0.527. The molecule has 1 atom stereocenters. The first kappa shape index (κ1) is 22.3. The minimum atomic E-state index is -3.11. The Hall–Kier alpha value is -3.14. The molecule has 4 heterocycles. The normalized spacial score (nSPS) is 20.8. The van der Waals surface area contributed by atoms with Gasteiger partial charge >= 0.3 is 6.43 Å². The maximum Gasteiger partial charge on any atom is 0.315 e. The van der Waals surface area contributed by atoms with Gasteiger partial charge in [0, 0.05) is 36.0 Å². The SMILES string of the molecule is CC1c2nnc(C3CC4(C3)CN(c3ccc(F)cn3)C4)n2-c2ccc(Cl)cc2CN1C(=O)C(F)F. The molecule has 1 aromatic carbocycles. The zero-order valence-electron chi connectivity index (χ0n) is 18.8. The molecule has 2 aliphatic heterocycles. The van der Waals surface area contributed by atoms with Crippen LogP contribution in [0, 0.1) is 11.2 Å². The molecule has 1 saturated carbocycles. The molecule has 2 fully saturated rings. The summed E-state index contributed by atoms with van der Waals surface area (Å²) in [4.78, 5) is 19.8. The van der Waals surface area contributed by atoms with Crippen LogP contribution >= 0.6 is 11.6 Å². The fraction of sp³-hybridized carbons (Fsp3) is 0.417. The number of pyridine rings is 1. The van der Waals surface area contributed by atoms with Crippen molar-refractivity contribution in [3.05, 3.63) is 64.6 Å². The van der Waals surface area contributed by atoms with Gasteiger partial charge in [-0.3, -0.25) is 9.36 Å². The highest BCUT2D eigenvalue weighted by Crippen LogP contribution is 2.56. The number of fused-ring (bicyclic) bond motifs is 3. The number of alkyl halides is 2. The first-order valence-electron chi connectivity index (χ1n) is 11.4. The molecule has 35 heavy (non-hydrogen) atoms. The number of rotatable bonds is 3. The van der Waals surface area contributed by atoms with Gasteiger partial charge in [0.2, 0.25) is 0 Å². The number of carbonyl (C=O) groups is 1. The van der Waals surface area contributed by atoms with E-state index in [0.717, 1.165) is 48.2 Å². The number of hydrogen-bond donors (Lipinski definition) is 0. The first-order chi connectivity index (χ1) is 16.7. The third-order valence-electron chi connectivity index (χ3n) is 7.46. The molecule has 1 unspecified atom stereocenters. The van der Waals surface area contributed by atoms with Gasteiger partial charge < -0.3 is 9.80 Å². The van der Waals surface area contributed by atoms with Gasteiger partial charge in [0.15, 0.2) is 5.82 Å². The monoisotopic (exact) mass is 502 g/mol. The van der Waals surface area contributed by atoms with E-state index in [1.807, 2.05) is 10.6 Å². The Balaban J connectivity index is 1.28. The third-order valence-corrected chi connectivity index (χ3v) is 7.69. The molecule has 1 saturated heterocycles. The summed E-state index contributed by atoms with van der Waals surface area (Å²) >= 11 is 6.21. The van der Waals surface area contributed by atoms with Gasteiger partial charge in [0.1, 0.15) is 17.5 Å². The number of nitrogens with zero attached hydrogens (tertiary/aromatic N) is 6. The predicted molar refractivity (Wildman–Crippen MR) is 122 cm³/mol. The number of aromatic nitrogens is 4. The fourth-order valence-electron chi connectivity index (χ4n) is 5.75. The third kappa shape index (κ3) is 3.57. The van der Waals surface area contributed by atoms with Crippen LogP contribution in [0.5, 0.6) is 0 Å². The molecule has 0 bridgehead atoms. The van der Waals surface area contributed by atoms with Crippen molar-refractivity contribution in [2.24, 2.45) is 5.41 Å². The maximum absolute atomic E-state index is 13.4. The lowest BCUT2D eigenvalue weighted by Gasteiger charge is -2.59. The number of anilines is 1. The van der Waals surface area contributed by atoms with Crippen LogP contribution in [0.3, 0.4) is 0 Å². The summed E-state index contributed by atoms with van der Waals surface area (Å²) in [5.41, 5.74) is 1.57. The molecule has 6 rings (SSSR count). The zero-order valence-corrected chi connectivity index (χ0v) is 19.6. The summed E-state index contributed by atoms with van der Waals surface area (Å²) in [6, 6.07) is 7.70. The summed E-state index contributed by atoms with van der Waals surface area (Å²) in [7, 11) is 0. The van der Waals surface area contributed by atoms with E-state index >= 15 is 0 Å². The van der Waals surface area contributed by atoms with Gasteiger partial charge in [0.05, 0.1) is 17.9 Å². The Labute approximate surface area is 204 Å². The van der Waals surface area contributed by atoms with E-state index in [1.165, 1.54) is 12.3 Å². The lowest BCUT2D eigenvalue weighted by atomic mass is 9.57. The van der Waals surface area contributed by atoms with Crippen molar-refractivity contribution in [1.82, 2.24) is 24.6 Å². The second-order valence-corrected chi connectivity index (χ2v) is 10.2. The van der Waals surface area contributed by atoms with Crippen LogP contribution in [-0.4, -0.2) is 50.1 Å². The Morgan fingerprint density at radius 3 is 2.57 bits per heavy atom. The second-order valence-electron chi connectivity index (χ2n) is 9.76. The average molecular weight is 503 g/mol. The smallest absolute Gasteiger partial charge is 0.315 e. The van der Waals surface area contributed by atoms with Crippen LogP contribution in [0.15, 0.2) is 36.5 Å². The van der Waals surface area contributed by atoms with E-state index in [-0.39, 0.29) is 23.7 Å². The van der Waals surface area contributed by atoms with Crippen LogP contribution in [0.2, 0.25) is 5.02 Å². The van der Waals surface area contributed by atoms with E-state index in [0.29, 0.717) is 16.4 Å². The number of halogens is 4. The Bertz CT molecular complexity index is 1300. The predicted octanol–water partition coefficient (Wildman–Crippen LogP) is 4.51. The number of amides is 1. The maximum atomic E-state index is 13.4. The van der Waals surface area contributed by atoms with Crippen molar-refractivity contribution < 1.29 is 18.0 Å². The van der Waals surface area contributed by atoms with Crippen molar-refractivity contribution in [2.75, 3.05) is 18.0 Å². The molecule has 7 nitrogen and oxygen atoms in total. The van der Waals surface area contributed by atoms with E-state index in [4.69, 9.17) is 11.6 Å². The molecule has 11 heteroatoms. The van der Waals surface area contributed by atoms with Crippen molar-refractivity contribution in [1.29, 1.82) is 0 Å². The lowest BCUT2D eigenvalue weighted by Crippen LogP contribution is -2.62. The van der Waals surface area contributed by atoms with Gasteiger partial charge in [-0.2, -0.15) is 8.78 Å². The van der Waals surface area contributed by atoms with Crippen LogP contribution < -0.4 is 4.90 Å². The van der Waals surface area contributed by atoms with Crippen LogP contribution in [0.1, 0.15) is 48.9 Å². The molecule has 2 aromatic heterocycles.